The molecule has 1 saturated heterocycles. The van der Waals surface area contributed by atoms with E-state index in [1.165, 1.54) is 5.56 Å². The number of amides is 2. The van der Waals surface area contributed by atoms with Crippen LogP contribution in [0.3, 0.4) is 0 Å². The standard InChI is InChI=1S/C23H25N5O2/c1-17-7-3-4-8-18(17)19-11-12-22(26-25-19)27-13-15-28(16-14-27)23(29)24-20-9-5-6-10-21(20)30-2/h3-12H,13-16H2,1-2H3,(H,24,29). The van der Waals surface area contributed by atoms with Crippen LogP contribution in [0.1, 0.15) is 5.56 Å². The van der Waals surface area contributed by atoms with Gasteiger partial charge in [0.15, 0.2) is 5.82 Å². The Morgan fingerprint density at radius 2 is 1.67 bits per heavy atom. The van der Waals surface area contributed by atoms with Crippen LogP contribution < -0.4 is 15.0 Å². The topological polar surface area (TPSA) is 70.6 Å². The number of ether oxygens (including phenoxy) is 1. The second kappa shape index (κ2) is 8.82. The highest BCUT2D eigenvalue weighted by molar-refractivity contribution is 5.91. The summed E-state index contributed by atoms with van der Waals surface area (Å²) in [6, 6.07) is 19.4. The fraction of sp³-hybridized carbons (Fsp3) is 0.261. The van der Waals surface area contributed by atoms with Crippen LogP contribution in [0.2, 0.25) is 0 Å². The van der Waals surface area contributed by atoms with Crippen molar-refractivity contribution in [2.24, 2.45) is 0 Å². The minimum atomic E-state index is -0.125. The van der Waals surface area contributed by atoms with Gasteiger partial charge in [0.1, 0.15) is 5.75 Å². The number of nitrogens with one attached hydrogen (secondary N) is 1. The largest absolute Gasteiger partial charge is 0.495 e. The molecule has 0 atom stereocenters. The highest BCUT2D eigenvalue weighted by Gasteiger charge is 2.23. The predicted molar refractivity (Wildman–Crippen MR) is 118 cm³/mol. The molecule has 4 rings (SSSR count). The zero-order valence-electron chi connectivity index (χ0n) is 17.2. The van der Waals surface area contributed by atoms with E-state index < -0.39 is 0 Å². The van der Waals surface area contributed by atoms with Crippen LogP contribution in [0.15, 0.2) is 60.7 Å². The lowest BCUT2D eigenvalue weighted by molar-refractivity contribution is 0.208. The molecule has 7 nitrogen and oxygen atoms in total. The molecule has 2 aromatic carbocycles. The first-order valence-electron chi connectivity index (χ1n) is 9.99. The summed E-state index contributed by atoms with van der Waals surface area (Å²) >= 11 is 0. The third-order valence-corrected chi connectivity index (χ3v) is 5.31. The van der Waals surface area contributed by atoms with Gasteiger partial charge in [-0.2, -0.15) is 0 Å². The maximum Gasteiger partial charge on any atom is 0.322 e. The highest BCUT2D eigenvalue weighted by atomic mass is 16.5. The summed E-state index contributed by atoms with van der Waals surface area (Å²) in [5, 5.41) is 11.8. The molecule has 0 saturated carbocycles. The van der Waals surface area contributed by atoms with Crippen molar-refractivity contribution in [3.8, 4) is 17.0 Å². The Morgan fingerprint density at radius 1 is 0.933 bits per heavy atom. The van der Waals surface area contributed by atoms with Gasteiger partial charge in [-0.3, -0.25) is 0 Å². The number of urea groups is 1. The van der Waals surface area contributed by atoms with E-state index in [0.29, 0.717) is 37.6 Å². The van der Waals surface area contributed by atoms with E-state index in [0.717, 1.165) is 17.1 Å². The summed E-state index contributed by atoms with van der Waals surface area (Å²) in [5.74, 6) is 1.48. The molecule has 1 aromatic heterocycles. The molecule has 0 unspecified atom stereocenters. The first-order chi connectivity index (χ1) is 14.7. The van der Waals surface area contributed by atoms with Crippen molar-refractivity contribution in [2.45, 2.75) is 6.92 Å². The quantitative estimate of drug-likeness (QED) is 0.717. The van der Waals surface area contributed by atoms with Gasteiger partial charge < -0.3 is 19.9 Å². The zero-order valence-corrected chi connectivity index (χ0v) is 17.2. The van der Waals surface area contributed by atoms with Crippen LogP contribution >= 0.6 is 0 Å². The summed E-state index contributed by atoms with van der Waals surface area (Å²) in [5.41, 5.74) is 3.81. The van der Waals surface area contributed by atoms with E-state index in [1.807, 2.05) is 48.5 Å². The number of nitrogens with zero attached hydrogens (tertiary/aromatic N) is 4. The van der Waals surface area contributed by atoms with Crippen LogP contribution in [0.4, 0.5) is 16.3 Å². The molecule has 154 valence electrons. The Bertz CT molecular complexity index is 1010. The van der Waals surface area contributed by atoms with Gasteiger partial charge in [0.05, 0.1) is 18.5 Å². The number of anilines is 2. The van der Waals surface area contributed by atoms with Crippen LogP contribution in [-0.2, 0) is 0 Å². The van der Waals surface area contributed by atoms with Gasteiger partial charge in [0.2, 0.25) is 0 Å². The first kappa shape index (κ1) is 19.7. The predicted octanol–water partition coefficient (Wildman–Crippen LogP) is 3.81. The van der Waals surface area contributed by atoms with Crippen LogP contribution in [-0.4, -0.2) is 54.4 Å². The van der Waals surface area contributed by atoms with Crippen LogP contribution in [0.5, 0.6) is 5.75 Å². The number of benzene rings is 2. The van der Waals surface area contributed by atoms with Crippen molar-refractivity contribution < 1.29 is 9.53 Å². The normalized spacial score (nSPS) is 13.8. The molecule has 3 aromatic rings. The SMILES string of the molecule is COc1ccccc1NC(=O)N1CCN(c2ccc(-c3ccccc3C)nn2)CC1. The molecule has 0 aliphatic carbocycles. The lowest BCUT2D eigenvalue weighted by Gasteiger charge is -2.35. The van der Waals surface area contributed by atoms with E-state index in [2.05, 4.69) is 39.5 Å². The van der Waals surface area contributed by atoms with E-state index >= 15 is 0 Å². The van der Waals surface area contributed by atoms with Gasteiger partial charge in [-0.1, -0.05) is 36.4 Å². The van der Waals surface area contributed by atoms with E-state index in [4.69, 9.17) is 4.74 Å². The smallest absolute Gasteiger partial charge is 0.322 e. The van der Waals surface area contributed by atoms with Crippen molar-refractivity contribution in [2.75, 3.05) is 43.5 Å². The minimum Gasteiger partial charge on any atom is -0.495 e. The number of methoxy groups -OCH3 is 1. The molecular weight excluding hydrogens is 378 g/mol. The lowest BCUT2D eigenvalue weighted by atomic mass is 10.1. The molecule has 1 fully saturated rings. The van der Waals surface area contributed by atoms with E-state index in [9.17, 15) is 4.79 Å². The second-order valence-corrected chi connectivity index (χ2v) is 7.20. The Balaban J connectivity index is 1.36. The van der Waals surface area contributed by atoms with E-state index in [1.54, 1.807) is 12.0 Å². The van der Waals surface area contributed by atoms with Crippen LogP contribution in [0, 0.1) is 6.92 Å². The van der Waals surface area contributed by atoms with Gasteiger partial charge in [-0.15, -0.1) is 10.2 Å². The van der Waals surface area contributed by atoms with Gasteiger partial charge in [0.25, 0.3) is 0 Å². The molecule has 1 aliphatic rings. The van der Waals surface area contributed by atoms with Crippen molar-refractivity contribution in [3.63, 3.8) is 0 Å². The maximum atomic E-state index is 12.6. The summed E-state index contributed by atoms with van der Waals surface area (Å²) in [6.07, 6.45) is 0. The number of aromatic nitrogens is 2. The monoisotopic (exact) mass is 403 g/mol. The molecule has 0 spiro atoms. The number of hydrogen-bond acceptors (Lipinski definition) is 5. The number of hydrogen-bond donors (Lipinski definition) is 1. The fourth-order valence-corrected chi connectivity index (χ4v) is 3.58. The summed E-state index contributed by atoms with van der Waals surface area (Å²) in [6.45, 7) is 4.71. The van der Waals surface area contributed by atoms with Gasteiger partial charge >= 0.3 is 6.03 Å². The molecule has 30 heavy (non-hydrogen) atoms. The number of para-hydroxylation sites is 2. The highest BCUT2D eigenvalue weighted by Crippen LogP contribution is 2.24. The van der Waals surface area contributed by atoms with Gasteiger partial charge in [-0.05, 0) is 36.8 Å². The number of carbonyl (C=O) groups excluding carboxylic acids is 1. The third kappa shape index (κ3) is 4.20. The number of aryl methyl sites for hydroxylation is 1. The first-order valence-corrected chi connectivity index (χ1v) is 9.99. The maximum absolute atomic E-state index is 12.6. The summed E-state index contributed by atoms with van der Waals surface area (Å²) in [7, 11) is 1.59. The molecule has 2 amide bonds. The lowest BCUT2D eigenvalue weighted by Crippen LogP contribution is -2.50. The Morgan fingerprint density at radius 3 is 2.37 bits per heavy atom. The number of piperazine rings is 1. The molecule has 2 heterocycles. The molecule has 1 N–H and O–H groups in total. The average molecular weight is 403 g/mol. The zero-order chi connectivity index (χ0) is 20.9. The Hall–Kier alpha value is -3.61. The van der Waals surface area contributed by atoms with Crippen molar-refractivity contribution in [3.05, 3.63) is 66.2 Å². The molecule has 7 heteroatoms. The van der Waals surface area contributed by atoms with E-state index in [-0.39, 0.29) is 6.03 Å². The van der Waals surface area contributed by atoms with Crippen molar-refractivity contribution in [1.82, 2.24) is 15.1 Å². The van der Waals surface area contributed by atoms with Gasteiger partial charge in [0, 0.05) is 31.7 Å². The Kier molecular flexibility index (Phi) is 5.79. The van der Waals surface area contributed by atoms with Gasteiger partial charge in [-0.25, -0.2) is 4.79 Å². The average Bonchev–Trinajstić information content (AvgIpc) is 2.80. The van der Waals surface area contributed by atoms with Crippen molar-refractivity contribution in [1.29, 1.82) is 0 Å². The second-order valence-electron chi connectivity index (χ2n) is 7.20. The molecular formula is C23H25N5O2. The third-order valence-electron chi connectivity index (χ3n) is 5.31. The fourth-order valence-electron chi connectivity index (χ4n) is 3.58. The van der Waals surface area contributed by atoms with Crippen LogP contribution in [0.25, 0.3) is 11.3 Å². The number of rotatable bonds is 4. The van der Waals surface area contributed by atoms with Crippen molar-refractivity contribution >= 4 is 17.5 Å². The summed E-state index contributed by atoms with van der Waals surface area (Å²) in [4.78, 5) is 16.6. The molecule has 0 bridgehead atoms. The molecule has 1 aliphatic heterocycles. The Labute approximate surface area is 176 Å². The summed E-state index contributed by atoms with van der Waals surface area (Å²) < 4.78 is 5.30. The number of carbonyl (C=O) groups is 1. The molecule has 0 radical (unpaired) electrons. The minimum absolute atomic E-state index is 0.125.